The second kappa shape index (κ2) is 4.53. The van der Waals surface area contributed by atoms with E-state index in [1.54, 1.807) is 18.0 Å². The number of imidazole rings is 1. The van der Waals surface area contributed by atoms with Crippen LogP contribution >= 0.6 is 0 Å². The lowest BCUT2D eigenvalue weighted by atomic mass is 10.0. The Morgan fingerprint density at radius 1 is 1.33 bits per heavy atom. The standard InChI is InChI=1S/C14H15N3O/c1-9-5-10(2)13(12(6-9)18-4)14-11(7-15)17(3)8-16-14/h5-6,8H,1-4H3. The largest absolute Gasteiger partial charge is 0.496 e. The summed E-state index contributed by atoms with van der Waals surface area (Å²) in [5.41, 5.74) is 4.29. The highest BCUT2D eigenvalue weighted by atomic mass is 16.5. The molecule has 2 aromatic rings. The third-order valence-corrected chi connectivity index (χ3v) is 2.94. The minimum atomic E-state index is 0.542. The Morgan fingerprint density at radius 3 is 2.67 bits per heavy atom. The van der Waals surface area contributed by atoms with Gasteiger partial charge < -0.3 is 9.30 Å². The van der Waals surface area contributed by atoms with Crippen molar-refractivity contribution >= 4 is 0 Å². The van der Waals surface area contributed by atoms with E-state index in [0.29, 0.717) is 11.4 Å². The van der Waals surface area contributed by atoms with Gasteiger partial charge in [0, 0.05) is 12.6 Å². The summed E-state index contributed by atoms with van der Waals surface area (Å²) in [5, 5.41) is 9.21. The molecule has 0 atom stereocenters. The predicted octanol–water partition coefficient (Wildman–Crippen LogP) is 2.58. The zero-order valence-corrected chi connectivity index (χ0v) is 11.0. The molecule has 0 saturated heterocycles. The second-order valence-corrected chi connectivity index (χ2v) is 4.32. The van der Waals surface area contributed by atoms with Crippen LogP contribution in [0.3, 0.4) is 0 Å². The molecule has 0 aliphatic heterocycles. The number of nitrogens with zero attached hydrogens (tertiary/aromatic N) is 3. The van der Waals surface area contributed by atoms with Crippen molar-refractivity contribution in [1.82, 2.24) is 9.55 Å². The fraction of sp³-hybridized carbons (Fsp3) is 0.286. The Bertz CT molecular complexity index is 635. The van der Waals surface area contributed by atoms with Gasteiger partial charge in [0.05, 0.1) is 13.4 Å². The Kier molecular flexibility index (Phi) is 3.07. The number of hydrogen-bond donors (Lipinski definition) is 0. The zero-order chi connectivity index (χ0) is 13.3. The number of aryl methyl sites for hydroxylation is 3. The molecule has 0 saturated carbocycles. The smallest absolute Gasteiger partial charge is 0.147 e. The van der Waals surface area contributed by atoms with Gasteiger partial charge in [-0.05, 0) is 31.0 Å². The van der Waals surface area contributed by atoms with E-state index in [1.165, 1.54) is 0 Å². The lowest BCUT2D eigenvalue weighted by molar-refractivity contribution is 0.415. The average Bonchev–Trinajstić information content (AvgIpc) is 2.69. The van der Waals surface area contributed by atoms with Crippen molar-refractivity contribution in [3.05, 3.63) is 35.3 Å². The first-order valence-corrected chi connectivity index (χ1v) is 5.65. The summed E-state index contributed by atoms with van der Waals surface area (Å²) < 4.78 is 7.13. The summed E-state index contributed by atoms with van der Waals surface area (Å²) in [5.74, 6) is 0.752. The van der Waals surface area contributed by atoms with Crippen LogP contribution in [0.5, 0.6) is 5.75 Å². The van der Waals surface area contributed by atoms with Crippen molar-refractivity contribution in [3.8, 4) is 23.1 Å². The Balaban J connectivity index is 2.75. The molecule has 2 rings (SSSR count). The highest BCUT2D eigenvalue weighted by molar-refractivity contribution is 5.75. The first-order valence-electron chi connectivity index (χ1n) is 5.65. The second-order valence-electron chi connectivity index (χ2n) is 4.32. The van der Waals surface area contributed by atoms with Gasteiger partial charge in [-0.2, -0.15) is 5.26 Å². The molecule has 1 heterocycles. The molecule has 4 heteroatoms. The van der Waals surface area contributed by atoms with E-state index in [2.05, 4.69) is 17.1 Å². The lowest BCUT2D eigenvalue weighted by Gasteiger charge is -2.11. The summed E-state index contributed by atoms with van der Waals surface area (Å²) in [7, 11) is 3.44. The van der Waals surface area contributed by atoms with Gasteiger partial charge >= 0.3 is 0 Å². The maximum absolute atomic E-state index is 9.21. The van der Waals surface area contributed by atoms with Gasteiger partial charge in [-0.25, -0.2) is 4.98 Å². The van der Waals surface area contributed by atoms with Crippen molar-refractivity contribution in [2.75, 3.05) is 7.11 Å². The quantitative estimate of drug-likeness (QED) is 0.812. The van der Waals surface area contributed by atoms with Gasteiger partial charge in [-0.1, -0.05) is 6.07 Å². The van der Waals surface area contributed by atoms with Crippen LogP contribution < -0.4 is 4.74 Å². The first kappa shape index (κ1) is 12.2. The zero-order valence-electron chi connectivity index (χ0n) is 11.0. The van der Waals surface area contributed by atoms with Gasteiger partial charge in [0.1, 0.15) is 23.2 Å². The van der Waals surface area contributed by atoms with Gasteiger partial charge in [0.25, 0.3) is 0 Å². The molecule has 0 unspecified atom stereocenters. The number of ether oxygens (including phenoxy) is 1. The van der Waals surface area contributed by atoms with Crippen LogP contribution in [0, 0.1) is 25.2 Å². The van der Waals surface area contributed by atoms with E-state index >= 15 is 0 Å². The highest BCUT2D eigenvalue weighted by Crippen LogP contribution is 2.34. The van der Waals surface area contributed by atoms with E-state index in [1.807, 2.05) is 27.0 Å². The van der Waals surface area contributed by atoms with Gasteiger partial charge in [0.15, 0.2) is 0 Å². The summed E-state index contributed by atoms with van der Waals surface area (Å²) in [6, 6.07) is 6.20. The van der Waals surface area contributed by atoms with Crippen molar-refractivity contribution in [2.24, 2.45) is 7.05 Å². The molecule has 0 N–H and O–H groups in total. The third-order valence-electron chi connectivity index (χ3n) is 2.94. The molecule has 0 aliphatic carbocycles. The van der Waals surface area contributed by atoms with Crippen molar-refractivity contribution in [3.63, 3.8) is 0 Å². The summed E-state index contributed by atoms with van der Waals surface area (Å²) >= 11 is 0. The lowest BCUT2D eigenvalue weighted by Crippen LogP contribution is -1.96. The maximum atomic E-state index is 9.21. The van der Waals surface area contributed by atoms with E-state index in [9.17, 15) is 5.26 Å². The van der Waals surface area contributed by atoms with E-state index in [4.69, 9.17) is 4.74 Å². The molecule has 92 valence electrons. The Morgan fingerprint density at radius 2 is 2.06 bits per heavy atom. The number of rotatable bonds is 2. The van der Waals surface area contributed by atoms with Crippen LogP contribution in [-0.2, 0) is 7.05 Å². The molecule has 18 heavy (non-hydrogen) atoms. The first-order chi connectivity index (χ1) is 8.58. The van der Waals surface area contributed by atoms with E-state index in [0.717, 1.165) is 22.4 Å². The molecule has 0 spiro atoms. The van der Waals surface area contributed by atoms with Crippen LogP contribution in [0.2, 0.25) is 0 Å². The fourth-order valence-electron chi connectivity index (χ4n) is 2.14. The monoisotopic (exact) mass is 241 g/mol. The number of nitriles is 1. The molecule has 0 bridgehead atoms. The third kappa shape index (κ3) is 1.84. The van der Waals surface area contributed by atoms with Crippen molar-refractivity contribution in [1.29, 1.82) is 5.26 Å². The SMILES string of the molecule is COc1cc(C)cc(C)c1-c1ncn(C)c1C#N. The molecular formula is C14H15N3O. The average molecular weight is 241 g/mol. The maximum Gasteiger partial charge on any atom is 0.147 e. The predicted molar refractivity (Wildman–Crippen MR) is 69.4 cm³/mol. The Hall–Kier alpha value is -2.28. The topological polar surface area (TPSA) is 50.8 Å². The van der Waals surface area contributed by atoms with Gasteiger partial charge in [-0.3, -0.25) is 0 Å². The Labute approximate surface area is 106 Å². The van der Waals surface area contributed by atoms with E-state index in [-0.39, 0.29) is 0 Å². The van der Waals surface area contributed by atoms with Crippen molar-refractivity contribution < 1.29 is 4.74 Å². The van der Waals surface area contributed by atoms with Crippen LogP contribution in [0.25, 0.3) is 11.3 Å². The molecule has 0 fully saturated rings. The molecule has 0 aliphatic rings. The summed E-state index contributed by atoms with van der Waals surface area (Å²) in [4.78, 5) is 4.32. The number of hydrogen-bond acceptors (Lipinski definition) is 3. The number of methoxy groups -OCH3 is 1. The minimum absolute atomic E-state index is 0.542. The van der Waals surface area contributed by atoms with Gasteiger partial charge in [0.2, 0.25) is 0 Å². The van der Waals surface area contributed by atoms with Crippen molar-refractivity contribution in [2.45, 2.75) is 13.8 Å². The van der Waals surface area contributed by atoms with Crippen LogP contribution in [0.1, 0.15) is 16.8 Å². The highest BCUT2D eigenvalue weighted by Gasteiger charge is 2.17. The normalized spacial score (nSPS) is 10.2. The molecule has 1 aromatic carbocycles. The van der Waals surface area contributed by atoms with Gasteiger partial charge in [-0.15, -0.1) is 0 Å². The molecule has 1 aromatic heterocycles. The molecule has 4 nitrogen and oxygen atoms in total. The number of aromatic nitrogens is 2. The van der Waals surface area contributed by atoms with Crippen LogP contribution in [0.4, 0.5) is 0 Å². The molecule has 0 radical (unpaired) electrons. The van der Waals surface area contributed by atoms with Crippen LogP contribution in [0.15, 0.2) is 18.5 Å². The van der Waals surface area contributed by atoms with E-state index < -0.39 is 0 Å². The number of benzene rings is 1. The van der Waals surface area contributed by atoms with Crippen LogP contribution in [-0.4, -0.2) is 16.7 Å². The molecular weight excluding hydrogens is 226 g/mol. The summed E-state index contributed by atoms with van der Waals surface area (Å²) in [6.07, 6.45) is 1.65. The fourth-order valence-corrected chi connectivity index (χ4v) is 2.14. The summed E-state index contributed by atoms with van der Waals surface area (Å²) in [6.45, 7) is 4.02. The molecule has 0 amide bonds. The minimum Gasteiger partial charge on any atom is -0.496 e.